The summed E-state index contributed by atoms with van der Waals surface area (Å²) in [5.41, 5.74) is 3.16. The standard InChI is InChI=1S/C19H21N3O4/c1-19(25)8-10-21-15(11-19)20-22-9-7-14(23)17(16(22)18(21)24)26-12-13-5-3-2-4-6-13/h2-7,9,15,20,25H,8,10-12H2,1H3. The van der Waals surface area contributed by atoms with Crippen molar-refractivity contribution < 1.29 is 14.6 Å². The molecule has 2 N–H and O–H groups in total. The molecule has 2 aliphatic rings. The van der Waals surface area contributed by atoms with Gasteiger partial charge in [0.05, 0.1) is 5.60 Å². The highest BCUT2D eigenvalue weighted by atomic mass is 16.5. The third kappa shape index (κ3) is 2.94. The lowest BCUT2D eigenvalue weighted by atomic mass is 9.91. The lowest BCUT2D eigenvalue weighted by Gasteiger charge is -2.46. The van der Waals surface area contributed by atoms with Crippen LogP contribution in [0.3, 0.4) is 0 Å². The van der Waals surface area contributed by atoms with Crippen LogP contribution in [0.15, 0.2) is 47.4 Å². The number of benzene rings is 1. The van der Waals surface area contributed by atoms with Crippen LogP contribution in [0, 0.1) is 0 Å². The zero-order valence-corrected chi connectivity index (χ0v) is 14.5. The molecule has 136 valence electrons. The molecule has 0 radical (unpaired) electrons. The number of amides is 1. The molecule has 3 heterocycles. The molecule has 1 saturated heterocycles. The van der Waals surface area contributed by atoms with E-state index >= 15 is 0 Å². The van der Waals surface area contributed by atoms with Crippen LogP contribution in [-0.4, -0.2) is 38.9 Å². The second-order valence-electron chi connectivity index (χ2n) is 7.10. The molecule has 1 amide bonds. The number of aliphatic hydroxyl groups is 1. The average Bonchev–Trinajstić information content (AvgIpc) is 2.61. The Morgan fingerprint density at radius 1 is 1.27 bits per heavy atom. The zero-order valence-electron chi connectivity index (χ0n) is 14.5. The minimum Gasteiger partial charge on any atom is -0.482 e. The van der Waals surface area contributed by atoms with Gasteiger partial charge in [-0.1, -0.05) is 30.3 Å². The first kappa shape index (κ1) is 16.7. The number of hydrogen-bond acceptors (Lipinski definition) is 5. The molecule has 1 fully saturated rings. The van der Waals surface area contributed by atoms with Crippen molar-refractivity contribution in [3.05, 3.63) is 64.1 Å². The summed E-state index contributed by atoms with van der Waals surface area (Å²) in [6, 6.07) is 10.9. The molecule has 0 aliphatic carbocycles. The Hall–Kier alpha value is -2.80. The third-order valence-corrected chi connectivity index (χ3v) is 4.93. The van der Waals surface area contributed by atoms with Gasteiger partial charge in [-0.2, -0.15) is 0 Å². The fraction of sp³-hybridized carbons (Fsp3) is 0.368. The molecule has 0 saturated carbocycles. The van der Waals surface area contributed by atoms with Crippen LogP contribution in [0.1, 0.15) is 35.8 Å². The van der Waals surface area contributed by atoms with Crippen molar-refractivity contribution >= 4 is 5.91 Å². The molecule has 4 rings (SSSR count). The molecule has 7 heteroatoms. The lowest BCUT2D eigenvalue weighted by Crippen LogP contribution is -2.60. The topological polar surface area (TPSA) is 83.8 Å². The van der Waals surface area contributed by atoms with Crippen LogP contribution in [-0.2, 0) is 6.61 Å². The smallest absolute Gasteiger partial charge is 0.278 e. The van der Waals surface area contributed by atoms with E-state index in [0.29, 0.717) is 19.4 Å². The van der Waals surface area contributed by atoms with Crippen LogP contribution in [0.25, 0.3) is 0 Å². The molecule has 7 nitrogen and oxygen atoms in total. The summed E-state index contributed by atoms with van der Waals surface area (Å²) in [5, 5.41) is 10.3. The summed E-state index contributed by atoms with van der Waals surface area (Å²) < 4.78 is 7.28. The number of pyridine rings is 1. The lowest BCUT2D eigenvalue weighted by molar-refractivity contribution is -0.0262. The van der Waals surface area contributed by atoms with Gasteiger partial charge in [-0.05, 0) is 18.9 Å². The number of fused-ring (bicyclic) bond motifs is 2. The molecule has 26 heavy (non-hydrogen) atoms. The van der Waals surface area contributed by atoms with E-state index in [2.05, 4.69) is 5.43 Å². The van der Waals surface area contributed by atoms with E-state index in [9.17, 15) is 14.7 Å². The molecule has 2 aromatic rings. The van der Waals surface area contributed by atoms with Gasteiger partial charge in [-0.25, -0.2) is 0 Å². The Kier molecular flexibility index (Phi) is 3.96. The molecule has 2 unspecified atom stereocenters. The van der Waals surface area contributed by atoms with Gasteiger partial charge in [0.1, 0.15) is 12.8 Å². The summed E-state index contributed by atoms with van der Waals surface area (Å²) in [6.45, 7) is 2.40. The second-order valence-corrected chi connectivity index (χ2v) is 7.10. The van der Waals surface area contributed by atoms with Gasteiger partial charge in [0.2, 0.25) is 5.43 Å². The zero-order chi connectivity index (χ0) is 18.3. The van der Waals surface area contributed by atoms with Gasteiger partial charge >= 0.3 is 0 Å². The van der Waals surface area contributed by atoms with Crippen LogP contribution in [0.5, 0.6) is 5.75 Å². The Bertz CT molecular complexity index is 891. The summed E-state index contributed by atoms with van der Waals surface area (Å²) in [7, 11) is 0. The number of ether oxygens (including phenoxy) is 1. The Labute approximate surface area is 150 Å². The Morgan fingerprint density at radius 3 is 2.81 bits per heavy atom. The van der Waals surface area contributed by atoms with Gasteiger partial charge < -0.3 is 20.2 Å². The molecule has 2 aliphatic heterocycles. The average molecular weight is 355 g/mol. The van der Waals surface area contributed by atoms with Crippen molar-refractivity contribution in [3.63, 3.8) is 0 Å². The van der Waals surface area contributed by atoms with Gasteiger partial charge in [0, 0.05) is 25.2 Å². The Balaban J connectivity index is 1.66. The number of rotatable bonds is 3. The van der Waals surface area contributed by atoms with E-state index in [-0.39, 0.29) is 35.6 Å². The first-order chi connectivity index (χ1) is 12.4. The van der Waals surface area contributed by atoms with E-state index in [1.165, 1.54) is 16.9 Å². The quantitative estimate of drug-likeness (QED) is 0.867. The highest BCUT2D eigenvalue weighted by Gasteiger charge is 2.42. The monoisotopic (exact) mass is 355 g/mol. The predicted octanol–water partition coefficient (Wildman–Crippen LogP) is 1.30. The second kappa shape index (κ2) is 6.17. The van der Waals surface area contributed by atoms with E-state index < -0.39 is 5.60 Å². The minimum atomic E-state index is -0.822. The van der Waals surface area contributed by atoms with Crippen LogP contribution < -0.4 is 15.6 Å². The number of carbonyl (C=O) groups is 1. The van der Waals surface area contributed by atoms with Gasteiger partial charge in [-0.3, -0.25) is 14.3 Å². The van der Waals surface area contributed by atoms with Crippen molar-refractivity contribution in [1.29, 1.82) is 0 Å². The van der Waals surface area contributed by atoms with Crippen LogP contribution >= 0.6 is 0 Å². The van der Waals surface area contributed by atoms with Gasteiger partial charge in [0.25, 0.3) is 5.91 Å². The number of nitrogens with zero attached hydrogens (tertiary/aromatic N) is 2. The summed E-state index contributed by atoms with van der Waals surface area (Å²) in [6.07, 6.45) is 2.13. The van der Waals surface area contributed by atoms with Crippen molar-refractivity contribution in [2.24, 2.45) is 0 Å². The summed E-state index contributed by atoms with van der Waals surface area (Å²) in [4.78, 5) is 27.0. The minimum absolute atomic E-state index is 0.0460. The van der Waals surface area contributed by atoms with Crippen LogP contribution in [0.2, 0.25) is 0 Å². The summed E-state index contributed by atoms with van der Waals surface area (Å²) >= 11 is 0. The highest BCUT2D eigenvalue weighted by molar-refractivity contribution is 5.96. The first-order valence-corrected chi connectivity index (χ1v) is 8.67. The number of hydrogen-bond donors (Lipinski definition) is 2. The van der Waals surface area contributed by atoms with E-state index in [1.54, 1.807) is 11.8 Å². The fourth-order valence-corrected chi connectivity index (χ4v) is 3.50. The molecule has 0 bridgehead atoms. The first-order valence-electron chi connectivity index (χ1n) is 8.67. The van der Waals surface area contributed by atoms with Crippen LogP contribution in [0.4, 0.5) is 0 Å². The van der Waals surface area contributed by atoms with Gasteiger partial charge in [0.15, 0.2) is 11.4 Å². The SMILES string of the molecule is CC1(O)CCN2C(=O)c3c(OCc4ccccc4)c(=O)ccn3NC2C1. The number of aromatic nitrogens is 1. The molecular formula is C19H21N3O4. The van der Waals surface area contributed by atoms with E-state index in [4.69, 9.17) is 4.74 Å². The molecule has 1 aromatic heterocycles. The summed E-state index contributed by atoms with van der Waals surface area (Å²) in [5.74, 6) is -0.213. The maximum atomic E-state index is 13.0. The fourth-order valence-electron chi connectivity index (χ4n) is 3.50. The maximum Gasteiger partial charge on any atom is 0.278 e. The van der Waals surface area contributed by atoms with E-state index in [1.807, 2.05) is 30.3 Å². The Morgan fingerprint density at radius 2 is 2.04 bits per heavy atom. The van der Waals surface area contributed by atoms with Crippen molar-refractivity contribution in [1.82, 2.24) is 9.58 Å². The largest absolute Gasteiger partial charge is 0.482 e. The maximum absolute atomic E-state index is 13.0. The normalized spacial score (nSPS) is 24.5. The predicted molar refractivity (Wildman–Crippen MR) is 95.5 cm³/mol. The van der Waals surface area contributed by atoms with Crippen molar-refractivity contribution in [3.8, 4) is 5.75 Å². The van der Waals surface area contributed by atoms with E-state index in [0.717, 1.165) is 5.56 Å². The number of nitrogens with one attached hydrogen (secondary N) is 1. The molecule has 0 spiro atoms. The van der Waals surface area contributed by atoms with Gasteiger partial charge in [-0.15, -0.1) is 0 Å². The molecular weight excluding hydrogens is 334 g/mol. The van der Waals surface area contributed by atoms with Crippen molar-refractivity contribution in [2.75, 3.05) is 12.0 Å². The number of carbonyl (C=O) groups excluding carboxylic acids is 1. The highest BCUT2D eigenvalue weighted by Crippen LogP contribution is 2.31. The third-order valence-electron chi connectivity index (χ3n) is 4.93. The molecule has 1 aromatic carbocycles. The number of piperidine rings is 1. The molecule has 2 atom stereocenters. The van der Waals surface area contributed by atoms with Crippen molar-refractivity contribution in [2.45, 2.75) is 38.1 Å².